The molecule has 4 rings (SSSR count). The normalized spacial score (nSPS) is 18.2. The Labute approximate surface area is 204 Å². The highest BCUT2D eigenvalue weighted by Crippen LogP contribution is 2.30. The van der Waals surface area contributed by atoms with Gasteiger partial charge in [-0.1, -0.05) is 6.58 Å². The van der Waals surface area contributed by atoms with Gasteiger partial charge in [0, 0.05) is 49.2 Å². The molecule has 0 saturated carbocycles. The van der Waals surface area contributed by atoms with Crippen LogP contribution >= 0.6 is 0 Å². The monoisotopic (exact) mass is 482 g/mol. The van der Waals surface area contributed by atoms with Crippen molar-refractivity contribution in [1.29, 1.82) is 0 Å². The average Bonchev–Trinajstić information content (AvgIpc) is 2.87. The minimum Gasteiger partial charge on any atom is -0.378 e. The summed E-state index contributed by atoms with van der Waals surface area (Å²) in [7, 11) is 0. The number of amides is 2. The van der Waals surface area contributed by atoms with Gasteiger partial charge in [-0.15, -0.1) is 0 Å². The van der Waals surface area contributed by atoms with Crippen molar-refractivity contribution in [2.24, 2.45) is 5.73 Å². The van der Waals surface area contributed by atoms with Gasteiger partial charge in [0.1, 0.15) is 5.82 Å². The molecule has 2 amide bonds. The second kappa shape index (κ2) is 10.7. The van der Waals surface area contributed by atoms with Crippen molar-refractivity contribution in [2.45, 2.75) is 25.8 Å². The third-order valence-electron chi connectivity index (χ3n) is 6.37. The van der Waals surface area contributed by atoms with Gasteiger partial charge in [-0.2, -0.15) is 0 Å². The van der Waals surface area contributed by atoms with Crippen LogP contribution < -0.4 is 21.3 Å². The van der Waals surface area contributed by atoms with E-state index in [0.717, 1.165) is 31.6 Å². The number of hydrogen-bond donors (Lipinski definition) is 3. The zero-order chi connectivity index (χ0) is 24.9. The third-order valence-corrected chi connectivity index (χ3v) is 6.37. The minimum absolute atomic E-state index is 0.00240. The van der Waals surface area contributed by atoms with Crippen molar-refractivity contribution in [3.63, 3.8) is 0 Å². The van der Waals surface area contributed by atoms with Crippen molar-refractivity contribution in [3.8, 4) is 0 Å². The Hall–Kier alpha value is -3.66. The van der Waals surface area contributed by atoms with Gasteiger partial charge >= 0.3 is 0 Å². The number of nitrogens with two attached hydrogens (primary N) is 1. The topological polar surface area (TPSA) is 113 Å². The number of nitrogens with one attached hydrogen (secondary N) is 2. The minimum atomic E-state index is -0.770. The van der Waals surface area contributed by atoms with Gasteiger partial charge in [0.05, 0.1) is 18.8 Å². The SMILES string of the molecule is C=CC(=O)N1CCCC(Nc2nc(Nc3ccc(N4CCOCC4)cc3)c(C(N)=O)c(C)c2F)C1. The number of hydrogen-bond acceptors (Lipinski definition) is 7. The van der Waals surface area contributed by atoms with E-state index in [1.54, 1.807) is 4.90 Å². The lowest BCUT2D eigenvalue weighted by molar-refractivity contribution is -0.127. The number of carbonyl (C=O) groups excluding carboxylic acids is 2. The highest BCUT2D eigenvalue weighted by molar-refractivity contribution is 6.00. The van der Waals surface area contributed by atoms with Crippen molar-refractivity contribution < 1.29 is 18.7 Å². The number of primary amides is 1. The van der Waals surface area contributed by atoms with E-state index in [-0.39, 0.29) is 34.7 Å². The number of halogens is 1. The van der Waals surface area contributed by atoms with Crippen LogP contribution in [0.1, 0.15) is 28.8 Å². The summed E-state index contributed by atoms with van der Waals surface area (Å²) < 4.78 is 20.6. The van der Waals surface area contributed by atoms with Crippen molar-refractivity contribution in [1.82, 2.24) is 9.88 Å². The molecule has 10 heteroatoms. The Balaban J connectivity index is 1.57. The van der Waals surface area contributed by atoms with E-state index >= 15 is 4.39 Å². The summed E-state index contributed by atoms with van der Waals surface area (Å²) >= 11 is 0. The predicted molar refractivity (Wildman–Crippen MR) is 134 cm³/mol. The van der Waals surface area contributed by atoms with Crippen LogP contribution in [-0.2, 0) is 9.53 Å². The van der Waals surface area contributed by atoms with E-state index in [9.17, 15) is 9.59 Å². The maximum Gasteiger partial charge on any atom is 0.252 e. The molecular formula is C25H31FN6O3. The second-order valence-corrected chi connectivity index (χ2v) is 8.73. The number of piperidine rings is 1. The average molecular weight is 483 g/mol. The summed E-state index contributed by atoms with van der Waals surface area (Å²) in [5.41, 5.74) is 7.44. The number of carbonyl (C=O) groups is 2. The van der Waals surface area contributed by atoms with Crippen molar-refractivity contribution in [3.05, 3.63) is 53.9 Å². The molecular weight excluding hydrogens is 451 g/mol. The van der Waals surface area contributed by atoms with Crippen LogP contribution in [0.25, 0.3) is 0 Å². The van der Waals surface area contributed by atoms with Gasteiger partial charge in [-0.05, 0) is 50.1 Å². The molecule has 0 spiro atoms. The molecule has 3 heterocycles. The fraction of sp³-hybridized carbons (Fsp3) is 0.400. The van der Waals surface area contributed by atoms with Crippen LogP contribution in [0, 0.1) is 12.7 Å². The van der Waals surface area contributed by atoms with Gasteiger partial charge in [0.2, 0.25) is 5.91 Å². The summed E-state index contributed by atoms with van der Waals surface area (Å²) in [4.78, 5) is 32.5. The quantitative estimate of drug-likeness (QED) is 0.520. The Morgan fingerprint density at radius 3 is 2.57 bits per heavy atom. The molecule has 186 valence electrons. The fourth-order valence-electron chi connectivity index (χ4n) is 4.50. The van der Waals surface area contributed by atoms with Crippen LogP contribution in [0.3, 0.4) is 0 Å². The lowest BCUT2D eigenvalue weighted by atomic mass is 10.0. The molecule has 9 nitrogen and oxygen atoms in total. The number of benzene rings is 1. The molecule has 2 aliphatic heterocycles. The molecule has 0 aliphatic carbocycles. The summed E-state index contributed by atoms with van der Waals surface area (Å²) in [5, 5.41) is 6.24. The third kappa shape index (κ3) is 5.54. The lowest BCUT2D eigenvalue weighted by Gasteiger charge is -2.33. The largest absolute Gasteiger partial charge is 0.378 e. The Morgan fingerprint density at radius 2 is 1.91 bits per heavy atom. The number of anilines is 4. The van der Waals surface area contributed by atoms with Gasteiger partial charge in [-0.25, -0.2) is 9.37 Å². The first-order valence-electron chi connectivity index (χ1n) is 11.7. The van der Waals surface area contributed by atoms with Gasteiger partial charge in [-0.3, -0.25) is 9.59 Å². The predicted octanol–water partition coefficient (Wildman–Crippen LogP) is 2.80. The lowest BCUT2D eigenvalue weighted by Crippen LogP contribution is -2.44. The summed E-state index contributed by atoms with van der Waals surface area (Å²) in [6.07, 6.45) is 2.81. The number of pyridine rings is 1. The fourth-order valence-corrected chi connectivity index (χ4v) is 4.50. The molecule has 0 radical (unpaired) electrons. The molecule has 1 aromatic heterocycles. The van der Waals surface area contributed by atoms with E-state index in [1.165, 1.54) is 13.0 Å². The van der Waals surface area contributed by atoms with Crippen LogP contribution in [-0.4, -0.2) is 67.1 Å². The molecule has 2 saturated heterocycles. The number of likely N-dealkylation sites (tertiary alicyclic amines) is 1. The van der Waals surface area contributed by atoms with Crippen LogP contribution in [0.15, 0.2) is 36.9 Å². The molecule has 4 N–H and O–H groups in total. The zero-order valence-electron chi connectivity index (χ0n) is 19.8. The van der Waals surface area contributed by atoms with Gasteiger partial charge < -0.3 is 30.9 Å². The van der Waals surface area contributed by atoms with Crippen LogP contribution in [0.2, 0.25) is 0 Å². The summed E-state index contributed by atoms with van der Waals surface area (Å²) in [6, 6.07) is 7.52. The number of rotatable bonds is 7. The summed E-state index contributed by atoms with van der Waals surface area (Å²) in [5.74, 6) is -1.38. The molecule has 1 aromatic carbocycles. The maximum atomic E-state index is 15.2. The Kier molecular flexibility index (Phi) is 7.50. The van der Waals surface area contributed by atoms with E-state index in [2.05, 4.69) is 27.1 Å². The molecule has 2 aromatic rings. The maximum absolute atomic E-state index is 15.2. The Bertz CT molecular complexity index is 1100. The second-order valence-electron chi connectivity index (χ2n) is 8.73. The smallest absolute Gasteiger partial charge is 0.252 e. The number of ether oxygens (including phenoxy) is 1. The molecule has 2 fully saturated rings. The van der Waals surface area contributed by atoms with Crippen LogP contribution in [0.5, 0.6) is 0 Å². The number of nitrogens with zero attached hydrogens (tertiary/aromatic N) is 3. The highest BCUT2D eigenvalue weighted by Gasteiger charge is 2.26. The molecule has 0 bridgehead atoms. The first-order chi connectivity index (χ1) is 16.9. The van der Waals surface area contributed by atoms with E-state index < -0.39 is 11.7 Å². The summed E-state index contributed by atoms with van der Waals surface area (Å²) in [6.45, 7) is 9.11. The first-order valence-corrected chi connectivity index (χ1v) is 11.7. The standard InChI is InChI=1S/C25H31FN6O3/c1-3-20(33)32-10-4-5-18(15-32)29-25-22(26)16(2)21(23(27)34)24(30-25)28-17-6-8-19(9-7-17)31-11-13-35-14-12-31/h3,6-9,18H,1,4-5,10-15H2,2H3,(H2,27,34)(H2,28,29,30). The molecule has 35 heavy (non-hydrogen) atoms. The number of morpholine rings is 1. The highest BCUT2D eigenvalue weighted by atomic mass is 19.1. The van der Waals surface area contributed by atoms with Crippen molar-refractivity contribution in [2.75, 3.05) is 54.9 Å². The molecule has 1 unspecified atom stereocenters. The Morgan fingerprint density at radius 1 is 1.20 bits per heavy atom. The number of aromatic nitrogens is 1. The molecule has 2 aliphatic rings. The van der Waals surface area contributed by atoms with Gasteiger partial charge in [0.15, 0.2) is 11.6 Å². The van der Waals surface area contributed by atoms with E-state index in [0.29, 0.717) is 32.0 Å². The van der Waals surface area contributed by atoms with E-state index in [4.69, 9.17) is 10.5 Å². The zero-order valence-corrected chi connectivity index (χ0v) is 19.8. The van der Waals surface area contributed by atoms with Crippen molar-refractivity contribution >= 4 is 34.8 Å². The van der Waals surface area contributed by atoms with Crippen LogP contribution in [0.4, 0.5) is 27.4 Å². The molecule has 1 atom stereocenters. The van der Waals surface area contributed by atoms with Gasteiger partial charge in [0.25, 0.3) is 5.91 Å². The van der Waals surface area contributed by atoms with E-state index in [1.807, 2.05) is 24.3 Å². The first kappa shape index (κ1) is 24.5.